The zero-order valence-electron chi connectivity index (χ0n) is 11.6. The molecule has 0 spiro atoms. The fraction of sp³-hybridized carbons (Fsp3) is 0.333. The molecule has 0 fully saturated rings. The van der Waals surface area contributed by atoms with Crippen LogP contribution in [0, 0.1) is 0 Å². The Labute approximate surface area is 113 Å². The molecule has 0 unspecified atom stereocenters. The van der Waals surface area contributed by atoms with Gasteiger partial charge in [0.15, 0.2) is 0 Å². The molecule has 0 aliphatic heterocycles. The minimum atomic E-state index is 0.482. The maximum atomic E-state index is 5.58. The highest BCUT2D eigenvalue weighted by molar-refractivity contribution is 5.40. The van der Waals surface area contributed by atoms with E-state index in [9.17, 15) is 0 Å². The average molecular weight is 257 g/mol. The smallest absolute Gasteiger partial charge is 0.132 e. The highest BCUT2D eigenvalue weighted by Gasteiger charge is 2.09. The van der Waals surface area contributed by atoms with Gasteiger partial charge in [0.25, 0.3) is 0 Å². The van der Waals surface area contributed by atoms with E-state index in [1.807, 2.05) is 0 Å². The number of ether oxygens (including phenoxy) is 1. The largest absolute Gasteiger partial charge is 0.496 e. The molecule has 2 N–H and O–H groups in total. The van der Waals surface area contributed by atoms with E-state index in [4.69, 9.17) is 10.5 Å². The Balaban J connectivity index is 2.27. The van der Waals surface area contributed by atoms with Crippen molar-refractivity contribution >= 4 is 5.69 Å². The molecule has 0 radical (unpaired) electrons. The molecular weight excluding hydrogens is 238 g/mol. The lowest BCUT2D eigenvalue weighted by molar-refractivity contribution is 0.409. The molecule has 2 aromatic rings. The van der Waals surface area contributed by atoms with Crippen molar-refractivity contribution < 1.29 is 4.74 Å². The summed E-state index contributed by atoms with van der Waals surface area (Å²) in [5.41, 5.74) is 8.50. The van der Waals surface area contributed by atoms with Gasteiger partial charge in [-0.15, -0.1) is 0 Å². The van der Waals surface area contributed by atoms with Gasteiger partial charge < -0.3 is 10.5 Å². The molecule has 0 amide bonds. The molecule has 19 heavy (non-hydrogen) atoms. The van der Waals surface area contributed by atoms with Crippen LogP contribution in [0.15, 0.2) is 30.6 Å². The average Bonchev–Trinajstić information content (AvgIpc) is 2.41. The Morgan fingerprint density at radius 2 is 1.89 bits per heavy atom. The quantitative estimate of drug-likeness (QED) is 0.915. The molecule has 0 aliphatic rings. The lowest BCUT2D eigenvalue weighted by atomic mass is 9.99. The van der Waals surface area contributed by atoms with Gasteiger partial charge in [-0.05, 0) is 17.5 Å². The zero-order chi connectivity index (χ0) is 13.8. The number of nitrogens with zero attached hydrogens (tertiary/aromatic N) is 2. The van der Waals surface area contributed by atoms with Crippen LogP contribution in [0.3, 0.4) is 0 Å². The topological polar surface area (TPSA) is 61.0 Å². The van der Waals surface area contributed by atoms with Gasteiger partial charge in [-0.2, -0.15) is 0 Å². The van der Waals surface area contributed by atoms with Crippen LogP contribution in [-0.4, -0.2) is 17.1 Å². The second-order valence-electron chi connectivity index (χ2n) is 4.84. The van der Waals surface area contributed by atoms with Gasteiger partial charge in [0, 0.05) is 12.0 Å². The summed E-state index contributed by atoms with van der Waals surface area (Å²) < 4.78 is 5.45. The Morgan fingerprint density at radius 1 is 1.21 bits per heavy atom. The molecule has 0 saturated heterocycles. The third-order valence-electron chi connectivity index (χ3n) is 3.05. The molecule has 4 nitrogen and oxygen atoms in total. The van der Waals surface area contributed by atoms with Crippen LogP contribution in [-0.2, 0) is 6.42 Å². The van der Waals surface area contributed by atoms with Crippen molar-refractivity contribution in [3.8, 4) is 5.75 Å². The van der Waals surface area contributed by atoms with Crippen LogP contribution in [0.1, 0.15) is 36.7 Å². The molecule has 4 heteroatoms. The van der Waals surface area contributed by atoms with E-state index >= 15 is 0 Å². The van der Waals surface area contributed by atoms with Gasteiger partial charge >= 0.3 is 0 Å². The van der Waals surface area contributed by atoms with Crippen LogP contribution in [0.5, 0.6) is 5.75 Å². The molecule has 1 aromatic carbocycles. The summed E-state index contributed by atoms with van der Waals surface area (Å²) in [5.74, 6) is 2.10. The fourth-order valence-electron chi connectivity index (χ4n) is 1.89. The SMILES string of the molecule is COc1cc(C(C)C)ccc1Cc1ncc(N)cn1. The Morgan fingerprint density at radius 3 is 2.47 bits per heavy atom. The summed E-state index contributed by atoms with van der Waals surface area (Å²) in [7, 11) is 1.69. The monoisotopic (exact) mass is 257 g/mol. The Bertz CT molecular complexity index is 550. The Hall–Kier alpha value is -2.10. The van der Waals surface area contributed by atoms with E-state index in [0.29, 0.717) is 18.0 Å². The van der Waals surface area contributed by atoms with Crippen molar-refractivity contribution in [2.24, 2.45) is 0 Å². The first-order valence-corrected chi connectivity index (χ1v) is 6.33. The first kappa shape index (κ1) is 13.3. The highest BCUT2D eigenvalue weighted by Crippen LogP contribution is 2.26. The summed E-state index contributed by atoms with van der Waals surface area (Å²) in [6.45, 7) is 4.33. The Kier molecular flexibility index (Phi) is 4.00. The van der Waals surface area contributed by atoms with E-state index in [-0.39, 0.29) is 0 Å². The third-order valence-corrected chi connectivity index (χ3v) is 3.05. The molecule has 100 valence electrons. The van der Waals surface area contributed by atoms with E-state index in [2.05, 4.69) is 42.0 Å². The number of nitrogen functional groups attached to an aromatic ring is 1. The minimum Gasteiger partial charge on any atom is -0.496 e. The van der Waals surface area contributed by atoms with Crippen LogP contribution < -0.4 is 10.5 Å². The fourth-order valence-corrected chi connectivity index (χ4v) is 1.89. The number of benzene rings is 1. The summed E-state index contributed by atoms with van der Waals surface area (Å²) in [6.07, 6.45) is 3.89. The minimum absolute atomic E-state index is 0.482. The lowest BCUT2D eigenvalue weighted by Crippen LogP contribution is -2.01. The number of hydrogen-bond acceptors (Lipinski definition) is 4. The second-order valence-corrected chi connectivity index (χ2v) is 4.84. The first-order valence-electron chi connectivity index (χ1n) is 6.33. The van der Waals surface area contributed by atoms with Gasteiger partial charge in [0.1, 0.15) is 11.6 Å². The molecular formula is C15H19N3O. The number of methoxy groups -OCH3 is 1. The molecule has 2 rings (SSSR count). The summed E-state index contributed by atoms with van der Waals surface area (Å²) in [5, 5.41) is 0. The van der Waals surface area contributed by atoms with Crippen molar-refractivity contribution in [1.29, 1.82) is 0 Å². The van der Waals surface area contributed by atoms with Crippen molar-refractivity contribution in [3.63, 3.8) is 0 Å². The van der Waals surface area contributed by atoms with Gasteiger partial charge in [-0.25, -0.2) is 9.97 Å². The third kappa shape index (κ3) is 3.22. The summed E-state index contributed by atoms with van der Waals surface area (Å²) in [6, 6.07) is 6.28. The summed E-state index contributed by atoms with van der Waals surface area (Å²) >= 11 is 0. The van der Waals surface area contributed by atoms with Gasteiger partial charge in [0.2, 0.25) is 0 Å². The van der Waals surface area contributed by atoms with Crippen LogP contribution in [0.2, 0.25) is 0 Å². The van der Waals surface area contributed by atoms with Crippen LogP contribution in [0.4, 0.5) is 5.69 Å². The molecule has 0 bridgehead atoms. The normalized spacial score (nSPS) is 10.7. The van der Waals surface area contributed by atoms with Crippen molar-refractivity contribution in [2.75, 3.05) is 12.8 Å². The first-order chi connectivity index (χ1) is 9.10. The van der Waals surface area contributed by atoms with E-state index in [1.165, 1.54) is 5.56 Å². The molecule has 0 atom stereocenters. The number of rotatable bonds is 4. The number of hydrogen-bond donors (Lipinski definition) is 1. The predicted octanol–water partition coefficient (Wildman–Crippen LogP) is 2.78. The van der Waals surface area contributed by atoms with Crippen LogP contribution in [0.25, 0.3) is 0 Å². The van der Waals surface area contributed by atoms with Crippen LogP contribution >= 0.6 is 0 Å². The van der Waals surface area contributed by atoms with Gasteiger partial charge in [0.05, 0.1) is 25.2 Å². The lowest BCUT2D eigenvalue weighted by Gasteiger charge is -2.12. The number of anilines is 1. The number of aromatic nitrogens is 2. The zero-order valence-corrected chi connectivity index (χ0v) is 11.6. The van der Waals surface area contributed by atoms with Crippen molar-refractivity contribution in [2.45, 2.75) is 26.2 Å². The van der Waals surface area contributed by atoms with E-state index < -0.39 is 0 Å². The van der Waals surface area contributed by atoms with Gasteiger partial charge in [-0.3, -0.25) is 0 Å². The van der Waals surface area contributed by atoms with E-state index in [1.54, 1.807) is 19.5 Å². The standard InChI is InChI=1S/C15H19N3O/c1-10(2)11-4-5-12(14(6-11)19-3)7-15-17-8-13(16)9-18-15/h4-6,8-10H,7,16H2,1-3H3. The van der Waals surface area contributed by atoms with E-state index in [0.717, 1.165) is 17.1 Å². The second kappa shape index (κ2) is 5.69. The van der Waals surface area contributed by atoms with Crippen molar-refractivity contribution in [1.82, 2.24) is 9.97 Å². The molecule has 0 saturated carbocycles. The maximum absolute atomic E-state index is 5.58. The summed E-state index contributed by atoms with van der Waals surface area (Å²) in [4.78, 5) is 8.43. The van der Waals surface area contributed by atoms with Crippen molar-refractivity contribution in [3.05, 3.63) is 47.5 Å². The molecule has 1 aromatic heterocycles. The predicted molar refractivity (Wildman–Crippen MR) is 76.3 cm³/mol. The van der Waals surface area contributed by atoms with Gasteiger partial charge in [-0.1, -0.05) is 26.0 Å². The molecule has 1 heterocycles. The highest BCUT2D eigenvalue weighted by atomic mass is 16.5. The molecule has 0 aliphatic carbocycles. The number of nitrogens with two attached hydrogens (primary N) is 1. The maximum Gasteiger partial charge on any atom is 0.132 e.